The van der Waals surface area contributed by atoms with Gasteiger partial charge < -0.3 is 21.7 Å². The Hall–Kier alpha value is -1.14. The van der Waals surface area contributed by atoms with Gasteiger partial charge in [0.1, 0.15) is 12.5 Å². The van der Waals surface area contributed by atoms with E-state index in [0.29, 0.717) is 11.7 Å². The molecule has 2 unspecified atom stereocenters. The normalized spacial score (nSPS) is 15.5. The molecule has 0 aromatic rings. The van der Waals surface area contributed by atoms with E-state index in [0.717, 1.165) is 25.7 Å². The molecule has 0 aromatic carbocycles. The summed E-state index contributed by atoms with van der Waals surface area (Å²) in [6.45, 7) is 3.23. The molecule has 0 saturated carbocycles. The number of nitrogens with zero attached hydrogens (tertiary/aromatic N) is 2. The van der Waals surface area contributed by atoms with Gasteiger partial charge in [-0.2, -0.15) is 0 Å². The molecule has 142 valence electrons. The molecule has 0 bridgehead atoms. The molecular weight excluding hydrogens is 304 g/mol. The molecule has 0 saturated heterocycles. The zero-order chi connectivity index (χ0) is 18.2. The van der Waals surface area contributed by atoms with E-state index < -0.39 is 12.5 Å². The molecule has 0 aliphatic carbocycles. The molecule has 0 heterocycles. The number of aliphatic hydroxyl groups is 2. The predicted molar refractivity (Wildman–Crippen MR) is 102 cm³/mol. The summed E-state index contributed by atoms with van der Waals surface area (Å²) in [4.78, 5) is 7.81. The lowest BCUT2D eigenvalue weighted by atomic mass is 10.0. The summed E-state index contributed by atoms with van der Waals surface area (Å²) in [5.74, 6) is 1.12. The molecule has 24 heavy (non-hydrogen) atoms. The van der Waals surface area contributed by atoms with Crippen LogP contribution in [0.2, 0.25) is 0 Å². The van der Waals surface area contributed by atoms with Crippen LogP contribution in [0, 0.1) is 0 Å². The Morgan fingerprint density at radius 1 is 0.625 bits per heavy atom. The molecule has 0 aromatic heterocycles. The Balaban J connectivity index is 3.29. The standard InChI is InChI=1S/C18H38N4O2/c1-15(23)21-17(19)13-11-9-7-5-3-4-6-8-10-12-14-18(20)22-16(2)24/h15-16,23-24H,3-14H2,1-2H3,(H2,19,21)(H2,20,22). The lowest BCUT2D eigenvalue weighted by molar-refractivity contribution is 0.204. The maximum atomic E-state index is 9.07. The largest absolute Gasteiger partial charge is 0.387 e. The molecule has 0 rings (SSSR count). The Morgan fingerprint density at radius 2 is 0.875 bits per heavy atom. The van der Waals surface area contributed by atoms with E-state index in [1.54, 1.807) is 13.8 Å². The van der Waals surface area contributed by atoms with Gasteiger partial charge in [-0.1, -0.05) is 51.4 Å². The highest BCUT2D eigenvalue weighted by Gasteiger charge is 1.98. The highest BCUT2D eigenvalue weighted by molar-refractivity contribution is 5.80. The van der Waals surface area contributed by atoms with Gasteiger partial charge in [-0.3, -0.25) is 0 Å². The summed E-state index contributed by atoms with van der Waals surface area (Å²) >= 11 is 0. The van der Waals surface area contributed by atoms with Crippen LogP contribution in [0.5, 0.6) is 0 Å². The van der Waals surface area contributed by atoms with Crippen LogP contribution in [0.3, 0.4) is 0 Å². The highest BCUT2D eigenvalue weighted by Crippen LogP contribution is 2.12. The quantitative estimate of drug-likeness (QED) is 0.208. The summed E-state index contributed by atoms with van der Waals surface area (Å²) in [7, 11) is 0. The monoisotopic (exact) mass is 342 g/mol. The Bertz CT molecular complexity index is 321. The molecule has 6 heteroatoms. The Kier molecular flexibility index (Phi) is 14.7. The smallest absolute Gasteiger partial charge is 0.144 e. The highest BCUT2D eigenvalue weighted by atomic mass is 16.3. The van der Waals surface area contributed by atoms with Gasteiger partial charge in [0.05, 0.1) is 11.7 Å². The van der Waals surface area contributed by atoms with Crippen molar-refractivity contribution in [1.82, 2.24) is 0 Å². The van der Waals surface area contributed by atoms with Crippen LogP contribution in [0.1, 0.15) is 90.9 Å². The minimum atomic E-state index is -0.688. The van der Waals surface area contributed by atoms with E-state index >= 15 is 0 Å². The van der Waals surface area contributed by atoms with Gasteiger partial charge in [-0.05, 0) is 26.7 Å². The van der Waals surface area contributed by atoms with Gasteiger partial charge in [-0.15, -0.1) is 0 Å². The first kappa shape index (κ1) is 22.9. The van der Waals surface area contributed by atoms with Gasteiger partial charge in [0, 0.05) is 12.8 Å². The zero-order valence-electron chi connectivity index (χ0n) is 15.6. The maximum Gasteiger partial charge on any atom is 0.144 e. The molecule has 0 radical (unpaired) electrons. The van der Waals surface area contributed by atoms with Gasteiger partial charge >= 0.3 is 0 Å². The third-order valence-corrected chi connectivity index (χ3v) is 3.82. The first-order valence-electron chi connectivity index (χ1n) is 9.42. The number of hydrogen-bond acceptors (Lipinski definition) is 4. The molecule has 0 amide bonds. The second-order valence-corrected chi connectivity index (χ2v) is 6.54. The number of unbranched alkanes of at least 4 members (excludes halogenated alkanes) is 9. The van der Waals surface area contributed by atoms with Gasteiger partial charge in [0.25, 0.3) is 0 Å². The van der Waals surface area contributed by atoms with Crippen molar-refractivity contribution in [2.24, 2.45) is 21.5 Å². The summed E-state index contributed by atoms with van der Waals surface area (Å²) in [6.07, 6.45) is 12.3. The summed E-state index contributed by atoms with van der Waals surface area (Å²) < 4.78 is 0. The van der Waals surface area contributed by atoms with Crippen molar-refractivity contribution in [2.75, 3.05) is 0 Å². The van der Waals surface area contributed by atoms with Crippen molar-refractivity contribution in [3.05, 3.63) is 0 Å². The molecular formula is C18H38N4O2. The Labute approximate surface area is 147 Å². The first-order valence-corrected chi connectivity index (χ1v) is 9.42. The molecule has 0 fully saturated rings. The minimum absolute atomic E-state index is 0.559. The van der Waals surface area contributed by atoms with Crippen molar-refractivity contribution in [1.29, 1.82) is 0 Å². The fourth-order valence-corrected chi connectivity index (χ4v) is 2.64. The van der Waals surface area contributed by atoms with Crippen molar-refractivity contribution in [3.8, 4) is 0 Å². The lowest BCUT2D eigenvalue weighted by Gasteiger charge is -2.05. The maximum absolute atomic E-state index is 9.07. The third kappa shape index (κ3) is 17.2. The van der Waals surface area contributed by atoms with Crippen molar-refractivity contribution in [3.63, 3.8) is 0 Å². The predicted octanol–water partition coefficient (Wildman–Crippen LogP) is 3.06. The third-order valence-electron chi connectivity index (χ3n) is 3.82. The van der Waals surface area contributed by atoms with Crippen LogP contribution in [0.15, 0.2) is 9.98 Å². The second-order valence-electron chi connectivity index (χ2n) is 6.54. The van der Waals surface area contributed by atoms with Crippen molar-refractivity contribution in [2.45, 2.75) is 103 Å². The van der Waals surface area contributed by atoms with Crippen LogP contribution in [-0.2, 0) is 0 Å². The zero-order valence-corrected chi connectivity index (χ0v) is 15.6. The number of hydrogen-bond donors (Lipinski definition) is 4. The van der Waals surface area contributed by atoms with Crippen LogP contribution >= 0.6 is 0 Å². The fourth-order valence-electron chi connectivity index (χ4n) is 2.64. The fraction of sp³-hybridized carbons (Fsp3) is 0.889. The molecule has 6 N–H and O–H groups in total. The summed E-state index contributed by atoms with van der Waals surface area (Å²) in [5.41, 5.74) is 11.4. The minimum Gasteiger partial charge on any atom is -0.387 e. The lowest BCUT2D eigenvalue weighted by Crippen LogP contribution is -2.14. The summed E-state index contributed by atoms with van der Waals surface area (Å²) in [5, 5.41) is 18.1. The van der Waals surface area contributed by atoms with Crippen LogP contribution in [0.25, 0.3) is 0 Å². The first-order chi connectivity index (χ1) is 11.4. The molecule has 6 nitrogen and oxygen atoms in total. The van der Waals surface area contributed by atoms with Crippen LogP contribution in [0.4, 0.5) is 0 Å². The number of aliphatic hydroxyl groups excluding tert-OH is 2. The molecule has 0 aliphatic heterocycles. The Morgan fingerprint density at radius 3 is 1.12 bits per heavy atom. The molecule has 0 aliphatic rings. The van der Waals surface area contributed by atoms with Crippen LogP contribution < -0.4 is 11.5 Å². The van der Waals surface area contributed by atoms with E-state index in [1.807, 2.05) is 0 Å². The molecule has 2 atom stereocenters. The van der Waals surface area contributed by atoms with E-state index in [1.165, 1.54) is 51.4 Å². The average Bonchev–Trinajstić information content (AvgIpc) is 2.46. The van der Waals surface area contributed by atoms with E-state index in [2.05, 4.69) is 9.98 Å². The average molecular weight is 343 g/mol. The van der Waals surface area contributed by atoms with Crippen LogP contribution in [-0.4, -0.2) is 34.3 Å². The van der Waals surface area contributed by atoms with Gasteiger partial charge in [0.2, 0.25) is 0 Å². The number of nitrogens with two attached hydrogens (primary N) is 2. The SMILES string of the molecule is CC(O)/N=C(\N)CCCCCCCCCCCC/C(N)=N\C(C)O. The van der Waals surface area contributed by atoms with Gasteiger partial charge in [-0.25, -0.2) is 9.98 Å². The number of rotatable bonds is 15. The second kappa shape index (κ2) is 15.4. The van der Waals surface area contributed by atoms with E-state index in [4.69, 9.17) is 21.7 Å². The molecule has 0 spiro atoms. The van der Waals surface area contributed by atoms with Gasteiger partial charge in [0.15, 0.2) is 0 Å². The van der Waals surface area contributed by atoms with E-state index in [-0.39, 0.29) is 0 Å². The van der Waals surface area contributed by atoms with Crippen molar-refractivity contribution >= 4 is 11.7 Å². The summed E-state index contributed by atoms with van der Waals surface area (Å²) in [6, 6.07) is 0. The number of aliphatic imine (C=N–C) groups is 2. The number of amidine groups is 2. The topological polar surface area (TPSA) is 117 Å². The van der Waals surface area contributed by atoms with E-state index in [9.17, 15) is 0 Å². The van der Waals surface area contributed by atoms with Crippen molar-refractivity contribution < 1.29 is 10.2 Å².